The largest absolute Gasteiger partial charge is 0.309 e. The molecule has 0 bridgehead atoms. The molecule has 0 amide bonds. The summed E-state index contributed by atoms with van der Waals surface area (Å²) in [5.41, 5.74) is 13.7. The van der Waals surface area contributed by atoms with E-state index in [0.717, 1.165) is 0 Å². The summed E-state index contributed by atoms with van der Waals surface area (Å²) in [7, 11) is -2.94. The maximum absolute atomic E-state index is 2.94. The zero-order valence-electron chi connectivity index (χ0n) is 38.7. The lowest BCUT2D eigenvalue weighted by molar-refractivity contribution is 1.18. The van der Waals surface area contributed by atoms with Gasteiger partial charge in [0, 0.05) is 36.6 Å². The van der Waals surface area contributed by atoms with E-state index in [-0.39, 0.29) is 0 Å². The number of aromatic nitrogens is 1. The first-order valence-corrected chi connectivity index (χ1v) is 27.4. The van der Waals surface area contributed by atoms with Gasteiger partial charge in [-0.1, -0.05) is 218 Å². The molecule has 0 unspecified atom stereocenters. The predicted molar refractivity (Wildman–Crippen MR) is 308 cm³/mol. The highest BCUT2D eigenvalue weighted by Gasteiger charge is 2.49. The van der Waals surface area contributed by atoms with Crippen molar-refractivity contribution in [2.24, 2.45) is 0 Å². The second-order valence-corrected chi connectivity index (χ2v) is 23.9. The van der Waals surface area contributed by atoms with Gasteiger partial charge < -0.3 is 4.57 Å². The Morgan fingerprint density at radius 1 is 0.296 bits per heavy atom. The van der Waals surface area contributed by atoms with Gasteiger partial charge in [-0.2, -0.15) is 0 Å². The average molecular weight is 934 g/mol. The molecule has 0 saturated heterocycles. The molecule has 0 spiro atoms. The van der Waals surface area contributed by atoms with E-state index in [4.69, 9.17) is 0 Å². The molecule has 2 aromatic heterocycles. The fraction of sp³-hybridized carbons (Fsp3) is 0. The standard InChI is InChI=1S/C68H43NSSi/c1-3-20-50(21-4-1)71(51-22-5-2-6-23-51)66-42-48(56-29-15-30-60-57-26-11-12-31-65(57)70-68(56)60)32-36-58(66)59-37-35-49(43-67(59)71)69-63-38-33-46(54-27-13-18-44-16-7-9-24-52(44)54)40-61(63)62-41-47(34-39-64(62)69)55-28-14-19-45-17-8-10-25-53(45)55/h1-43H. The third kappa shape index (κ3) is 5.98. The van der Waals surface area contributed by atoms with Crippen molar-refractivity contribution >= 4 is 104 Å². The molecule has 15 rings (SSSR count). The molecule has 0 atom stereocenters. The van der Waals surface area contributed by atoms with Crippen LogP contribution in [0.2, 0.25) is 0 Å². The lowest BCUT2D eigenvalue weighted by Crippen LogP contribution is -2.72. The van der Waals surface area contributed by atoms with E-state index in [1.54, 1.807) is 0 Å². The van der Waals surface area contributed by atoms with Crippen LogP contribution in [0.4, 0.5) is 0 Å². The quantitative estimate of drug-likeness (QED) is 0.146. The Kier molecular flexibility index (Phi) is 8.92. The van der Waals surface area contributed by atoms with Crippen molar-refractivity contribution in [3.8, 4) is 50.2 Å². The second kappa shape index (κ2) is 15.7. The molecular weight excluding hydrogens is 891 g/mol. The molecule has 3 heteroatoms. The maximum atomic E-state index is 2.57. The predicted octanol–water partition coefficient (Wildman–Crippen LogP) is 15.8. The van der Waals surface area contributed by atoms with Gasteiger partial charge >= 0.3 is 0 Å². The van der Waals surface area contributed by atoms with Crippen LogP contribution >= 0.6 is 11.3 Å². The van der Waals surface area contributed by atoms with Crippen LogP contribution in [0.3, 0.4) is 0 Å². The van der Waals surface area contributed by atoms with Gasteiger partial charge in [-0.05, 0) is 129 Å². The van der Waals surface area contributed by atoms with Crippen LogP contribution in [0, 0.1) is 0 Å². The van der Waals surface area contributed by atoms with Gasteiger partial charge in [-0.25, -0.2) is 0 Å². The molecule has 0 N–H and O–H groups in total. The van der Waals surface area contributed by atoms with Crippen molar-refractivity contribution in [3.63, 3.8) is 0 Å². The van der Waals surface area contributed by atoms with Crippen LogP contribution in [0.25, 0.3) is 114 Å². The first-order valence-electron chi connectivity index (χ1n) is 24.6. The molecule has 71 heavy (non-hydrogen) atoms. The van der Waals surface area contributed by atoms with Crippen molar-refractivity contribution in [2.75, 3.05) is 0 Å². The van der Waals surface area contributed by atoms with Crippen molar-refractivity contribution in [2.45, 2.75) is 0 Å². The Morgan fingerprint density at radius 2 is 0.761 bits per heavy atom. The minimum absolute atomic E-state index is 1.17. The summed E-state index contributed by atoms with van der Waals surface area (Å²) in [6.07, 6.45) is 0. The summed E-state index contributed by atoms with van der Waals surface area (Å²) in [4.78, 5) is 0. The smallest absolute Gasteiger partial charge is 0.180 e. The summed E-state index contributed by atoms with van der Waals surface area (Å²) in [6.45, 7) is 0. The van der Waals surface area contributed by atoms with Crippen LogP contribution in [0.1, 0.15) is 0 Å². The molecule has 0 saturated carbocycles. The lowest BCUT2D eigenvalue weighted by atomic mass is 9.95. The van der Waals surface area contributed by atoms with Gasteiger partial charge in [0.2, 0.25) is 0 Å². The number of hydrogen-bond acceptors (Lipinski definition) is 1. The first-order chi connectivity index (χ1) is 35.2. The summed E-state index contributed by atoms with van der Waals surface area (Å²) in [5.74, 6) is 0. The molecule has 12 aromatic carbocycles. The normalized spacial score (nSPS) is 12.9. The molecule has 0 fully saturated rings. The number of nitrogens with zero attached hydrogens (tertiary/aromatic N) is 1. The van der Waals surface area contributed by atoms with Gasteiger partial charge in [0.25, 0.3) is 0 Å². The molecule has 14 aromatic rings. The van der Waals surface area contributed by atoms with Gasteiger partial charge in [0.1, 0.15) is 0 Å². The van der Waals surface area contributed by atoms with Crippen LogP contribution in [0.5, 0.6) is 0 Å². The molecule has 0 aliphatic carbocycles. The highest BCUT2D eigenvalue weighted by molar-refractivity contribution is 7.26. The van der Waals surface area contributed by atoms with Gasteiger partial charge in [0.15, 0.2) is 8.07 Å². The Labute approximate surface area is 416 Å². The zero-order chi connectivity index (χ0) is 46.6. The van der Waals surface area contributed by atoms with E-state index in [0.29, 0.717) is 0 Å². The molecule has 1 aliphatic rings. The van der Waals surface area contributed by atoms with E-state index in [9.17, 15) is 0 Å². The Bertz CT molecular complexity index is 4280. The van der Waals surface area contributed by atoms with Crippen LogP contribution < -0.4 is 20.7 Å². The third-order valence-electron chi connectivity index (χ3n) is 15.5. The van der Waals surface area contributed by atoms with Crippen LogP contribution in [-0.2, 0) is 0 Å². The van der Waals surface area contributed by atoms with Crippen LogP contribution in [-0.4, -0.2) is 12.6 Å². The second-order valence-electron chi connectivity index (χ2n) is 19.1. The van der Waals surface area contributed by atoms with Crippen LogP contribution in [0.15, 0.2) is 261 Å². The third-order valence-corrected chi connectivity index (χ3v) is 21.5. The van der Waals surface area contributed by atoms with Gasteiger partial charge in [0.05, 0.1) is 11.0 Å². The Balaban J connectivity index is 0.989. The van der Waals surface area contributed by atoms with Crippen molar-refractivity contribution < 1.29 is 0 Å². The minimum Gasteiger partial charge on any atom is -0.309 e. The topological polar surface area (TPSA) is 4.93 Å². The SMILES string of the molecule is c1ccc([Si]2(c3ccccc3)c3cc(-c4cccc5c4sc4ccccc45)ccc3-c3ccc(-n4c5ccc(-c6cccc7ccccc67)cc5c5cc(-c6cccc7ccccc67)ccc54)cc32)cc1. The minimum atomic E-state index is -2.94. The summed E-state index contributed by atoms with van der Waals surface area (Å²) in [6, 6.07) is 98.5. The van der Waals surface area contributed by atoms with Crippen molar-refractivity contribution in [1.82, 2.24) is 4.57 Å². The summed E-state index contributed by atoms with van der Waals surface area (Å²) >= 11 is 1.91. The number of thiophene rings is 1. The number of benzene rings is 12. The maximum Gasteiger partial charge on any atom is 0.180 e. The fourth-order valence-corrected chi connectivity index (χ4v) is 18.8. The summed E-state index contributed by atoms with van der Waals surface area (Å²) in [5, 5.41) is 15.8. The average Bonchev–Trinajstić information content (AvgIpc) is 4.09. The number of hydrogen-bond donors (Lipinski definition) is 0. The zero-order valence-corrected chi connectivity index (χ0v) is 40.5. The monoisotopic (exact) mass is 933 g/mol. The van der Waals surface area contributed by atoms with E-state index < -0.39 is 8.07 Å². The molecular formula is C68H43NSSi. The lowest BCUT2D eigenvalue weighted by Gasteiger charge is -2.32. The summed E-state index contributed by atoms with van der Waals surface area (Å²) < 4.78 is 5.21. The number of fused-ring (bicyclic) bond motifs is 11. The highest BCUT2D eigenvalue weighted by atomic mass is 32.1. The molecule has 0 radical (unpaired) electrons. The molecule has 1 nitrogen and oxygen atoms in total. The first kappa shape index (κ1) is 40.3. The molecule has 3 heterocycles. The van der Waals surface area contributed by atoms with Crippen molar-refractivity contribution in [3.05, 3.63) is 261 Å². The van der Waals surface area contributed by atoms with E-state index in [2.05, 4.69) is 265 Å². The molecule has 330 valence electrons. The van der Waals surface area contributed by atoms with Crippen molar-refractivity contribution in [1.29, 1.82) is 0 Å². The molecule has 1 aliphatic heterocycles. The van der Waals surface area contributed by atoms with E-state index >= 15 is 0 Å². The Morgan fingerprint density at radius 3 is 1.39 bits per heavy atom. The van der Waals surface area contributed by atoms with Gasteiger partial charge in [-0.15, -0.1) is 11.3 Å². The van der Waals surface area contributed by atoms with E-state index in [1.807, 2.05) is 11.3 Å². The number of rotatable bonds is 6. The van der Waals surface area contributed by atoms with Gasteiger partial charge in [-0.3, -0.25) is 0 Å². The Hall–Kier alpha value is -8.60. The fourth-order valence-electron chi connectivity index (χ4n) is 12.3. The highest BCUT2D eigenvalue weighted by Crippen LogP contribution is 2.43. The van der Waals surface area contributed by atoms with E-state index in [1.165, 1.54) is 134 Å².